The van der Waals surface area contributed by atoms with Crippen molar-refractivity contribution in [2.75, 3.05) is 0 Å². The van der Waals surface area contributed by atoms with Crippen LogP contribution in [0.2, 0.25) is 0 Å². The Morgan fingerprint density at radius 3 is 2.56 bits per heavy atom. The van der Waals surface area contributed by atoms with E-state index in [9.17, 15) is 10.2 Å². The van der Waals surface area contributed by atoms with Crippen LogP contribution in [0.1, 0.15) is 0 Å². The lowest BCUT2D eigenvalue weighted by Gasteiger charge is -1.97. The van der Waals surface area contributed by atoms with Crippen molar-refractivity contribution in [3.63, 3.8) is 0 Å². The molecule has 90 valence electrons. The first kappa shape index (κ1) is 10.3. The molecule has 3 aromatic rings. The normalized spacial score (nSPS) is 10.7. The molecule has 1 aromatic carbocycles. The Bertz CT molecular complexity index is 656. The van der Waals surface area contributed by atoms with Gasteiger partial charge in [0.05, 0.1) is 0 Å². The molecule has 3 rings (SSSR count). The number of phenols is 2. The van der Waals surface area contributed by atoms with Crippen LogP contribution in [0.4, 0.5) is 0 Å². The second kappa shape index (κ2) is 3.84. The summed E-state index contributed by atoms with van der Waals surface area (Å²) in [7, 11) is 0. The second-order valence-corrected chi connectivity index (χ2v) is 3.50. The molecule has 3 N–H and O–H groups in total. The van der Waals surface area contributed by atoms with Crippen LogP contribution in [0, 0.1) is 0 Å². The van der Waals surface area contributed by atoms with E-state index in [1.807, 2.05) is 0 Å². The van der Waals surface area contributed by atoms with E-state index < -0.39 is 0 Å². The lowest BCUT2D eigenvalue weighted by atomic mass is 10.2. The molecule has 0 aliphatic carbocycles. The van der Waals surface area contributed by atoms with Crippen LogP contribution in [-0.2, 0) is 0 Å². The number of H-pyrrole nitrogens is 1. The van der Waals surface area contributed by atoms with Crippen molar-refractivity contribution in [3.8, 4) is 34.6 Å². The maximum absolute atomic E-state index is 9.37. The second-order valence-electron chi connectivity index (χ2n) is 3.50. The summed E-state index contributed by atoms with van der Waals surface area (Å²) in [4.78, 5) is 7.95. The predicted octanol–water partition coefficient (Wildman–Crippen LogP) is 0.933. The minimum atomic E-state index is -0.0931. The SMILES string of the molecule is Oc1cc(O)cc(-c2nc(-c3ncn[nH]3)no2)c1. The maximum atomic E-state index is 9.37. The molecular formula is C10H7N5O3. The molecule has 2 heterocycles. The smallest absolute Gasteiger partial charge is 0.258 e. The van der Waals surface area contributed by atoms with Gasteiger partial charge in [-0.3, -0.25) is 5.10 Å². The first-order chi connectivity index (χ1) is 8.72. The van der Waals surface area contributed by atoms with E-state index in [0.717, 1.165) is 0 Å². The lowest BCUT2D eigenvalue weighted by Crippen LogP contribution is -1.83. The molecule has 0 fully saturated rings. The van der Waals surface area contributed by atoms with Crippen molar-refractivity contribution in [1.29, 1.82) is 0 Å². The van der Waals surface area contributed by atoms with Gasteiger partial charge in [-0.2, -0.15) is 10.1 Å². The van der Waals surface area contributed by atoms with Crippen molar-refractivity contribution in [2.45, 2.75) is 0 Å². The number of rotatable bonds is 2. The fourth-order valence-electron chi connectivity index (χ4n) is 1.47. The molecule has 0 aliphatic heterocycles. The molecule has 0 aliphatic rings. The van der Waals surface area contributed by atoms with Crippen molar-refractivity contribution in [1.82, 2.24) is 25.3 Å². The lowest BCUT2D eigenvalue weighted by molar-refractivity contribution is 0.428. The van der Waals surface area contributed by atoms with Gasteiger partial charge in [0.15, 0.2) is 5.82 Å². The molecule has 0 atom stereocenters. The van der Waals surface area contributed by atoms with E-state index in [4.69, 9.17) is 4.52 Å². The first-order valence-electron chi connectivity index (χ1n) is 4.95. The summed E-state index contributed by atoms with van der Waals surface area (Å²) >= 11 is 0. The zero-order chi connectivity index (χ0) is 12.5. The summed E-state index contributed by atoms with van der Waals surface area (Å²) < 4.78 is 5.01. The largest absolute Gasteiger partial charge is 0.508 e. The number of nitrogens with zero attached hydrogens (tertiary/aromatic N) is 4. The van der Waals surface area contributed by atoms with Gasteiger partial charge in [-0.1, -0.05) is 5.16 Å². The number of aromatic nitrogens is 5. The minimum absolute atomic E-state index is 0.0931. The third-order valence-corrected chi connectivity index (χ3v) is 2.20. The Hall–Kier alpha value is -2.90. The van der Waals surface area contributed by atoms with E-state index >= 15 is 0 Å². The Kier molecular flexibility index (Phi) is 2.19. The molecule has 0 saturated heterocycles. The van der Waals surface area contributed by atoms with E-state index in [1.54, 1.807) is 0 Å². The zero-order valence-corrected chi connectivity index (χ0v) is 8.90. The van der Waals surface area contributed by atoms with E-state index in [1.165, 1.54) is 24.5 Å². The Balaban J connectivity index is 2.03. The number of nitrogens with one attached hydrogen (secondary N) is 1. The number of hydrogen-bond donors (Lipinski definition) is 3. The van der Waals surface area contributed by atoms with E-state index in [-0.39, 0.29) is 23.2 Å². The molecule has 8 heteroatoms. The van der Waals surface area contributed by atoms with Crippen LogP contribution in [0.25, 0.3) is 23.1 Å². The molecule has 8 nitrogen and oxygen atoms in total. The van der Waals surface area contributed by atoms with Gasteiger partial charge in [0.25, 0.3) is 5.89 Å². The van der Waals surface area contributed by atoms with Gasteiger partial charge >= 0.3 is 0 Å². The average Bonchev–Trinajstić information content (AvgIpc) is 2.99. The summed E-state index contributed by atoms with van der Waals surface area (Å²) in [5.41, 5.74) is 0.408. The van der Waals surface area contributed by atoms with Gasteiger partial charge < -0.3 is 14.7 Å². The quantitative estimate of drug-likeness (QED) is 0.614. The molecule has 0 amide bonds. The van der Waals surface area contributed by atoms with Crippen LogP contribution >= 0.6 is 0 Å². The van der Waals surface area contributed by atoms with E-state index in [2.05, 4.69) is 25.3 Å². The summed E-state index contributed by atoms with van der Waals surface area (Å²) in [6, 6.07) is 4.01. The third kappa shape index (κ3) is 1.75. The Labute approximate surface area is 99.9 Å². The van der Waals surface area contributed by atoms with Crippen LogP contribution < -0.4 is 0 Å². The molecular weight excluding hydrogens is 238 g/mol. The minimum Gasteiger partial charge on any atom is -0.508 e. The molecule has 18 heavy (non-hydrogen) atoms. The van der Waals surface area contributed by atoms with Gasteiger partial charge in [-0.25, -0.2) is 4.98 Å². The number of hydrogen-bond acceptors (Lipinski definition) is 7. The monoisotopic (exact) mass is 245 g/mol. The summed E-state index contributed by atoms with van der Waals surface area (Å²) in [6.45, 7) is 0. The molecule has 0 spiro atoms. The third-order valence-electron chi connectivity index (χ3n) is 2.20. The van der Waals surface area contributed by atoms with E-state index in [0.29, 0.717) is 11.4 Å². The number of aromatic amines is 1. The topological polar surface area (TPSA) is 121 Å². The van der Waals surface area contributed by atoms with Gasteiger partial charge in [0.1, 0.15) is 17.8 Å². The van der Waals surface area contributed by atoms with Crippen molar-refractivity contribution >= 4 is 0 Å². The molecule has 0 unspecified atom stereocenters. The highest BCUT2D eigenvalue weighted by atomic mass is 16.5. The van der Waals surface area contributed by atoms with Crippen molar-refractivity contribution < 1.29 is 14.7 Å². The number of aromatic hydroxyl groups is 2. The molecule has 0 bridgehead atoms. The first-order valence-corrected chi connectivity index (χ1v) is 4.95. The highest BCUT2D eigenvalue weighted by Gasteiger charge is 2.13. The van der Waals surface area contributed by atoms with Gasteiger partial charge in [-0.15, -0.1) is 0 Å². The van der Waals surface area contributed by atoms with Gasteiger partial charge in [0.2, 0.25) is 5.82 Å². The highest BCUT2D eigenvalue weighted by molar-refractivity contribution is 5.60. The fraction of sp³-hybridized carbons (Fsp3) is 0. The fourth-order valence-corrected chi connectivity index (χ4v) is 1.47. The summed E-state index contributed by atoms with van der Waals surface area (Å²) in [5, 5.41) is 28.7. The predicted molar refractivity (Wildman–Crippen MR) is 58.4 cm³/mol. The van der Waals surface area contributed by atoms with Crippen LogP contribution in [0.5, 0.6) is 11.5 Å². The molecule has 0 radical (unpaired) electrons. The number of phenolic OH excluding ortho intramolecular Hbond substituents is 2. The standard InChI is InChI=1S/C10H7N5O3/c16-6-1-5(2-7(17)3-6)10-13-9(15-18-10)8-11-4-12-14-8/h1-4,16-17H,(H,11,12,14). The summed E-state index contributed by atoms with van der Waals surface area (Å²) in [6.07, 6.45) is 1.32. The molecule has 0 saturated carbocycles. The van der Waals surface area contributed by atoms with Crippen molar-refractivity contribution in [3.05, 3.63) is 24.5 Å². The van der Waals surface area contributed by atoms with Crippen LogP contribution in [-0.4, -0.2) is 35.5 Å². The Morgan fingerprint density at radius 1 is 1.11 bits per heavy atom. The Morgan fingerprint density at radius 2 is 1.89 bits per heavy atom. The highest BCUT2D eigenvalue weighted by Crippen LogP contribution is 2.28. The van der Waals surface area contributed by atoms with Crippen LogP contribution in [0.15, 0.2) is 29.0 Å². The average molecular weight is 245 g/mol. The van der Waals surface area contributed by atoms with Crippen LogP contribution in [0.3, 0.4) is 0 Å². The summed E-state index contributed by atoms with van der Waals surface area (Å²) in [5.74, 6) is 0.584. The zero-order valence-electron chi connectivity index (χ0n) is 8.90. The van der Waals surface area contributed by atoms with Gasteiger partial charge in [0, 0.05) is 11.6 Å². The van der Waals surface area contributed by atoms with Gasteiger partial charge in [-0.05, 0) is 12.1 Å². The maximum Gasteiger partial charge on any atom is 0.258 e. The number of benzene rings is 1. The molecule has 2 aromatic heterocycles. The van der Waals surface area contributed by atoms with Crippen molar-refractivity contribution in [2.24, 2.45) is 0 Å².